The van der Waals surface area contributed by atoms with E-state index in [4.69, 9.17) is 9.84 Å². The number of methoxy groups -OCH3 is 1. The van der Waals surface area contributed by atoms with Gasteiger partial charge < -0.3 is 15.2 Å². The molecule has 2 N–H and O–H groups in total. The van der Waals surface area contributed by atoms with Crippen molar-refractivity contribution in [2.75, 3.05) is 20.3 Å². The van der Waals surface area contributed by atoms with Gasteiger partial charge in [0.25, 0.3) is 0 Å². The summed E-state index contributed by atoms with van der Waals surface area (Å²) >= 11 is 0. The Morgan fingerprint density at radius 2 is 2.17 bits per heavy atom. The molecular weight excluding hydrogens is 158 g/mol. The van der Waals surface area contributed by atoms with Gasteiger partial charge in [-0.25, -0.2) is 0 Å². The summed E-state index contributed by atoms with van der Waals surface area (Å²) < 4.78 is 4.80. The maximum absolute atomic E-state index is 10.6. The monoisotopic (exact) mass is 175 g/mol. The zero-order valence-corrected chi connectivity index (χ0v) is 7.83. The van der Waals surface area contributed by atoms with E-state index in [-0.39, 0.29) is 5.92 Å². The molecule has 0 saturated heterocycles. The maximum atomic E-state index is 10.6. The van der Waals surface area contributed by atoms with Crippen LogP contribution in [0.4, 0.5) is 0 Å². The molecule has 1 atom stereocenters. The second-order valence-electron chi connectivity index (χ2n) is 3.01. The summed E-state index contributed by atoms with van der Waals surface area (Å²) in [7, 11) is 1.59. The minimum absolute atomic E-state index is 0.0966. The van der Waals surface area contributed by atoms with Gasteiger partial charge in [0.15, 0.2) is 0 Å². The molecule has 4 nitrogen and oxygen atoms in total. The van der Waals surface area contributed by atoms with Crippen molar-refractivity contribution >= 4 is 5.97 Å². The Morgan fingerprint density at radius 3 is 2.50 bits per heavy atom. The molecule has 0 amide bonds. The zero-order chi connectivity index (χ0) is 9.56. The lowest BCUT2D eigenvalue weighted by Crippen LogP contribution is -2.42. The zero-order valence-electron chi connectivity index (χ0n) is 7.83. The predicted octanol–water partition coefficient (Wildman–Crippen LogP) is 0.332. The minimum atomic E-state index is -0.805. The molecule has 0 heterocycles. The molecule has 4 heteroatoms. The van der Waals surface area contributed by atoms with Crippen LogP contribution in [0.5, 0.6) is 0 Å². The molecule has 0 aliphatic rings. The molecule has 0 bridgehead atoms. The molecule has 0 aromatic carbocycles. The number of nitrogens with one attached hydrogen (secondary N) is 1. The lowest BCUT2D eigenvalue weighted by molar-refractivity contribution is -0.140. The van der Waals surface area contributed by atoms with Gasteiger partial charge in [0, 0.05) is 13.7 Å². The van der Waals surface area contributed by atoms with Crippen LogP contribution in [-0.4, -0.2) is 37.4 Å². The van der Waals surface area contributed by atoms with E-state index in [1.165, 1.54) is 0 Å². The molecule has 0 aliphatic carbocycles. The van der Waals surface area contributed by atoms with Crippen LogP contribution in [0, 0.1) is 5.92 Å². The number of carboxylic acid groups (broad SMARTS) is 1. The molecule has 12 heavy (non-hydrogen) atoms. The smallest absolute Gasteiger partial charge is 0.320 e. The Hall–Kier alpha value is -0.610. The average molecular weight is 175 g/mol. The van der Waals surface area contributed by atoms with Crippen molar-refractivity contribution in [1.82, 2.24) is 5.32 Å². The molecule has 0 saturated carbocycles. The fourth-order valence-corrected chi connectivity index (χ4v) is 0.925. The molecule has 0 spiro atoms. The van der Waals surface area contributed by atoms with E-state index in [1.807, 2.05) is 13.8 Å². The van der Waals surface area contributed by atoms with Gasteiger partial charge >= 0.3 is 5.97 Å². The van der Waals surface area contributed by atoms with Gasteiger partial charge in [0.1, 0.15) is 6.04 Å². The average Bonchev–Trinajstić information content (AvgIpc) is 1.96. The van der Waals surface area contributed by atoms with E-state index in [9.17, 15) is 4.79 Å². The van der Waals surface area contributed by atoms with Crippen molar-refractivity contribution in [3.63, 3.8) is 0 Å². The number of ether oxygens (including phenoxy) is 1. The topological polar surface area (TPSA) is 58.6 Å². The van der Waals surface area contributed by atoms with Crippen molar-refractivity contribution in [3.05, 3.63) is 0 Å². The van der Waals surface area contributed by atoms with Gasteiger partial charge in [-0.1, -0.05) is 13.8 Å². The quantitative estimate of drug-likeness (QED) is 0.571. The Morgan fingerprint density at radius 1 is 1.58 bits per heavy atom. The first-order valence-electron chi connectivity index (χ1n) is 4.04. The van der Waals surface area contributed by atoms with Gasteiger partial charge in [-0.2, -0.15) is 0 Å². The second kappa shape index (κ2) is 5.97. The summed E-state index contributed by atoms with van der Waals surface area (Å²) in [6, 6.07) is -0.472. The number of carbonyl (C=O) groups is 1. The summed E-state index contributed by atoms with van der Waals surface area (Å²) in [6.07, 6.45) is 0. The highest BCUT2D eigenvalue weighted by molar-refractivity contribution is 5.73. The Bertz CT molecular complexity index is 136. The van der Waals surface area contributed by atoms with Crippen LogP contribution in [0.15, 0.2) is 0 Å². The highest BCUT2D eigenvalue weighted by Gasteiger charge is 2.19. The van der Waals surface area contributed by atoms with E-state index in [0.29, 0.717) is 13.2 Å². The first kappa shape index (κ1) is 11.4. The first-order valence-corrected chi connectivity index (χ1v) is 4.04. The van der Waals surface area contributed by atoms with Gasteiger partial charge in [-0.05, 0) is 5.92 Å². The molecule has 0 unspecified atom stereocenters. The summed E-state index contributed by atoms with van der Waals surface area (Å²) in [5.41, 5.74) is 0. The number of hydrogen-bond donors (Lipinski definition) is 2. The van der Waals surface area contributed by atoms with E-state index in [2.05, 4.69) is 5.32 Å². The van der Waals surface area contributed by atoms with Crippen LogP contribution in [-0.2, 0) is 9.53 Å². The molecule has 0 radical (unpaired) electrons. The molecule has 0 aliphatic heterocycles. The highest BCUT2D eigenvalue weighted by Crippen LogP contribution is 2.00. The van der Waals surface area contributed by atoms with Crippen LogP contribution in [0.2, 0.25) is 0 Å². The minimum Gasteiger partial charge on any atom is -0.480 e. The van der Waals surface area contributed by atoms with Crippen molar-refractivity contribution in [2.24, 2.45) is 5.92 Å². The molecule has 72 valence electrons. The van der Waals surface area contributed by atoms with Crippen molar-refractivity contribution in [2.45, 2.75) is 19.9 Å². The third-order valence-corrected chi connectivity index (χ3v) is 1.60. The SMILES string of the molecule is COCCN[C@H](C(=O)O)C(C)C. The Balaban J connectivity index is 3.72. The third kappa shape index (κ3) is 4.31. The molecule has 0 rings (SSSR count). The lowest BCUT2D eigenvalue weighted by atomic mass is 10.1. The molecule has 0 aromatic rings. The van der Waals surface area contributed by atoms with Crippen LogP contribution in [0.3, 0.4) is 0 Å². The first-order chi connectivity index (χ1) is 5.59. The molecule has 0 fully saturated rings. The fourth-order valence-electron chi connectivity index (χ4n) is 0.925. The van der Waals surface area contributed by atoms with Gasteiger partial charge in [0.05, 0.1) is 6.61 Å². The number of hydrogen-bond acceptors (Lipinski definition) is 3. The maximum Gasteiger partial charge on any atom is 0.320 e. The summed E-state index contributed by atoms with van der Waals surface area (Å²) in [5.74, 6) is -0.708. The van der Waals surface area contributed by atoms with Gasteiger partial charge in [0.2, 0.25) is 0 Å². The standard InChI is InChI=1S/C8H17NO3/c1-6(2)7(8(10)11)9-4-5-12-3/h6-7,9H,4-5H2,1-3H3,(H,10,11)/t7-/m0/s1. The predicted molar refractivity (Wildman–Crippen MR) is 46.1 cm³/mol. The van der Waals surface area contributed by atoms with Crippen molar-refractivity contribution in [3.8, 4) is 0 Å². The second-order valence-corrected chi connectivity index (χ2v) is 3.01. The van der Waals surface area contributed by atoms with Crippen molar-refractivity contribution in [1.29, 1.82) is 0 Å². The number of aliphatic carboxylic acids is 1. The van der Waals surface area contributed by atoms with E-state index < -0.39 is 12.0 Å². The van der Waals surface area contributed by atoms with Gasteiger partial charge in [-0.3, -0.25) is 4.79 Å². The van der Waals surface area contributed by atoms with Crippen LogP contribution in [0.25, 0.3) is 0 Å². The molecular formula is C8H17NO3. The Labute approximate surface area is 72.9 Å². The third-order valence-electron chi connectivity index (χ3n) is 1.60. The number of carboxylic acids is 1. The van der Waals surface area contributed by atoms with Crippen LogP contribution in [0.1, 0.15) is 13.8 Å². The summed E-state index contributed by atoms with van der Waals surface area (Å²) in [5, 5.41) is 11.6. The normalized spacial score (nSPS) is 13.3. The van der Waals surface area contributed by atoms with E-state index >= 15 is 0 Å². The van der Waals surface area contributed by atoms with Crippen LogP contribution < -0.4 is 5.32 Å². The largest absolute Gasteiger partial charge is 0.480 e. The van der Waals surface area contributed by atoms with Crippen molar-refractivity contribution < 1.29 is 14.6 Å². The molecule has 0 aromatic heterocycles. The van der Waals surface area contributed by atoms with E-state index in [0.717, 1.165) is 0 Å². The Kier molecular flexibility index (Phi) is 5.66. The summed E-state index contributed by atoms with van der Waals surface area (Å²) in [4.78, 5) is 10.6. The highest BCUT2D eigenvalue weighted by atomic mass is 16.5. The fraction of sp³-hybridized carbons (Fsp3) is 0.875. The lowest BCUT2D eigenvalue weighted by Gasteiger charge is -2.17. The number of rotatable bonds is 6. The van der Waals surface area contributed by atoms with Crippen LogP contribution >= 0.6 is 0 Å². The summed E-state index contributed by atoms with van der Waals surface area (Å²) in [6.45, 7) is 4.86. The van der Waals surface area contributed by atoms with E-state index in [1.54, 1.807) is 7.11 Å². The van der Waals surface area contributed by atoms with Gasteiger partial charge in [-0.15, -0.1) is 0 Å².